The summed E-state index contributed by atoms with van der Waals surface area (Å²) >= 11 is 5.36. The molecule has 0 aliphatic carbocycles. The Morgan fingerprint density at radius 3 is 2.23 bits per heavy atom. The van der Waals surface area contributed by atoms with E-state index in [-0.39, 0.29) is 5.69 Å². The summed E-state index contributed by atoms with van der Waals surface area (Å²) in [4.78, 5) is 10.4. The van der Waals surface area contributed by atoms with Crippen LogP contribution in [-0.2, 0) is 6.54 Å². The lowest BCUT2D eigenvalue weighted by atomic mass is 10.2. The topological polar surface area (TPSA) is 94.0 Å². The van der Waals surface area contributed by atoms with Gasteiger partial charge in [0.25, 0.3) is 5.69 Å². The zero-order chi connectivity index (χ0) is 21.4. The van der Waals surface area contributed by atoms with Crippen LogP contribution in [-0.4, -0.2) is 30.6 Å². The van der Waals surface area contributed by atoms with E-state index >= 15 is 0 Å². The minimum atomic E-state index is -0.434. The van der Waals surface area contributed by atoms with Crippen LogP contribution < -0.4 is 0 Å². The van der Waals surface area contributed by atoms with Crippen LogP contribution in [0, 0.1) is 14.9 Å². The van der Waals surface area contributed by atoms with Crippen molar-refractivity contribution < 1.29 is 4.92 Å². The lowest BCUT2D eigenvalue weighted by Crippen LogP contribution is -2.06. The summed E-state index contributed by atoms with van der Waals surface area (Å²) in [5.74, 6) is 0.648. The van der Waals surface area contributed by atoms with Crippen molar-refractivity contribution >= 4 is 45.9 Å². The highest BCUT2D eigenvalue weighted by molar-refractivity contribution is 7.71. The summed E-state index contributed by atoms with van der Waals surface area (Å²) in [5, 5.41) is 24.8. The lowest BCUT2D eigenvalue weighted by Gasteiger charge is -2.07. The van der Waals surface area contributed by atoms with Gasteiger partial charge < -0.3 is 4.57 Å². The van der Waals surface area contributed by atoms with E-state index in [0.717, 1.165) is 16.6 Å². The number of non-ortho nitro benzene ring substituents is 1. The summed E-state index contributed by atoms with van der Waals surface area (Å²) in [5.41, 5.74) is 2.95. The molecule has 0 bridgehead atoms. The highest BCUT2D eigenvalue weighted by Crippen LogP contribution is 2.29. The first-order valence-electron chi connectivity index (χ1n) is 9.53. The first-order chi connectivity index (χ1) is 15.1. The fourth-order valence-corrected chi connectivity index (χ4v) is 3.87. The number of nitro groups is 1. The van der Waals surface area contributed by atoms with Crippen molar-refractivity contribution in [2.45, 2.75) is 6.54 Å². The molecular formula is C22H16N6O2S. The number of H-pyrrole nitrogens is 1. The predicted octanol–water partition coefficient (Wildman–Crippen LogP) is 4.89. The molecule has 5 aromatic rings. The molecule has 0 atom stereocenters. The van der Waals surface area contributed by atoms with Crippen molar-refractivity contribution in [2.75, 3.05) is 0 Å². The summed E-state index contributed by atoms with van der Waals surface area (Å²) in [6.45, 7) is 0.471. The van der Waals surface area contributed by atoms with E-state index in [9.17, 15) is 10.1 Å². The highest BCUT2D eigenvalue weighted by atomic mass is 32.1. The smallest absolute Gasteiger partial charge is 0.269 e. The van der Waals surface area contributed by atoms with Crippen LogP contribution >= 0.6 is 12.2 Å². The number of aromatic amines is 1. The fourth-order valence-electron chi connectivity index (χ4n) is 3.67. The lowest BCUT2D eigenvalue weighted by molar-refractivity contribution is -0.384. The third-order valence-electron chi connectivity index (χ3n) is 5.12. The van der Waals surface area contributed by atoms with Crippen molar-refractivity contribution in [3.8, 4) is 0 Å². The molecule has 0 aliphatic rings. The Morgan fingerprint density at radius 1 is 1.00 bits per heavy atom. The number of fused-ring (bicyclic) bond motifs is 3. The fraction of sp³-hybridized carbons (Fsp3) is 0.0455. The SMILES string of the molecule is O=[N+]([O-])c1ccc(/C=N/n2c(Cn3c4ccccc4c4ccccc43)n[nH]c2=S)cc1. The number of nitrogens with one attached hydrogen (secondary N) is 1. The number of nitro benzene ring substituents is 1. The second kappa shape index (κ2) is 7.62. The minimum Gasteiger partial charge on any atom is -0.333 e. The normalized spacial score (nSPS) is 11.6. The average molecular weight is 428 g/mol. The Labute approximate surface area is 181 Å². The van der Waals surface area contributed by atoms with Crippen molar-refractivity contribution in [1.82, 2.24) is 19.4 Å². The molecule has 5 rings (SSSR count). The maximum atomic E-state index is 10.8. The molecule has 0 saturated carbocycles. The van der Waals surface area contributed by atoms with Gasteiger partial charge in [0.1, 0.15) is 0 Å². The largest absolute Gasteiger partial charge is 0.333 e. The van der Waals surface area contributed by atoms with Gasteiger partial charge in [0.2, 0.25) is 4.77 Å². The third-order valence-corrected chi connectivity index (χ3v) is 5.39. The molecule has 8 nitrogen and oxygen atoms in total. The van der Waals surface area contributed by atoms with E-state index in [1.165, 1.54) is 22.9 Å². The molecule has 9 heteroatoms. The van der Waals surface area contributed by atoms with E-state index in [0.29, 0.717) is 17.1 Å². The van der Waals surface area contributed by atoms with E-state index in [2.05, 4.69) is 44.1 Å². The van der Waals surface area contributed by atoms with Gasteiger partial charge in [-0.1, -0.05) is 36.4 Å². The summed E-state index contributed by atoms with van der Waals surface area (Å²) in [6.07, 6.45) is 1.60. The van der Waals surface area contributed by atoms with E-state index in [1.54, 1.807) is 23.0 Å². The van der Waals surface area contributed by atoms with Crippen LogP contribution in [0.4, 0.5) is 5.69 Å². The van der Waals surface area contributed by atoms with Gasteiger partial charge in [-0.15, -0.1) is 0 Å². The molecule has 2 aromatic heterocycles. The zero-order valence-electron chi connectivity index (χ0n) is 16.2. The highest BCUT2D eigenvalue weighted by Gasteiger charge is 2.13. The molecule has 0 unspecified atom stereocenters. The van der Waals surface area contributed by atoms with Crippen LogP contribution in [0.3, 0.4) is 0 Å². The van der Waals surface area contributed by atoms with E-state index in [4.69, 9.17) is 12.2 Å². The van der Waals surface area contributed by atoms with Crippen LogP contribution in [0.5, 0.6) is 0 Å². The van der Waals surface area contributed by atoms with Gasteiger partial charge in [0, 0.05) is 33.9 Å². The maximum absolute atomic E-state index is 10.8. The summed E-state index contributed by atoms with van der Waals surface area (Å²) in [7, 11) is 0. The molecule has 1 N–H and O–H groups in total. The Bertz CT molecular complexity index is 1460. The van der Waals surface area contributed by atoms with Crippen LogP contribution in [0.25, 0.3) is 21.8 Å². The van der Waals surface area contributed by atoms with Crippen LogP contribution in [0.15, 0.2) is 77.9 Å². The predicted molar refractivity (Wildman–Crippen MR) is 122 cm³/mol. The van der Waals surface area contributed by atoms with Gasteiger partial charge in [-0.3, -0.25) is 15.2 Å². The monoisotopic (exact) mass is 428 g/mol. The Kier molecular flexibility index (Phi) is 4.64. The van der Waals surface area contributed by atoms with Gasteiger partial charge in [-0.05, 0) is 42.0 Å². The molecule has 0 amide bonds. The molecule has 31 heavy (non-hydrogen) atoms. The van der Waals surface area contributed by atoms with Crippen molar-refractivity contribution in [2.24, 2.45) is 5.10 Å². The summed E-state index contributed by atoms with van der Waals surface area (Å²) in [6, 6.07) is 22.6. The number of para-hydroxylation sites is 2. The zero-order valence-corrected chi connectivity index (χ0v) is 17.0. The molecule has 0 saturated heterocycles. The molecule has 0 radical (unpaired) electrons. The Morgan fingerprint density at radius 2 is 1.61 bits per heavy atom. The summed E-state index contributed by atoms with van der Waals surface area (Å²) < 4.78 is 4.13. The van der Waals surface area contributed by atoms with E-state index < -0.39 is 4.92 Å². The standard InChI is InChI=1S/C22H16N6O2S/c29-28(30)16-11-9-15(10-12-16)13-23-27-21(24-25-22(27)31)14-26-19-7-3-1-5-17(19)18-6-2-4-8-20(18)26/h1-13H,14H2,(H,25,31)/b23-13+. The second-order valence-corrected chi connectivity index (χ2v) is 7.36. The van der Waals surface area contributed by atoms with Gasteiger partial charge in [-0.2, -0.15) is 14.9 Å². The first kappa shape index (κ1) is 18.9. The molecule has 3 aromatic carbocycles. The molecular weight excluding hydrogens is 412 g/mol. The van der Waals surface area contributed by atoms with Crippen molar-refractivity contribution in [1.29, 1.82) is 0 Å². The molecule has 0 aliphatic heterocycles. The van der Waals surface area contributed by atoms with Gasteiger partial charge in [0.15, 0.2) is 5.82 Å². The molecule has 0 fully saturated rings. The van der Waals surface area contributed by atoms with Gasteiger partial charge in [-0.25, -0.2) is 0 Å². The van der Waals surface area contributed by atoms with Crippen molar-refractivity contribution in [3.63, 3.8) is 0 Å². The number of aromatic nitrogens is 4. The minimum absolute atomic E-state index is 0.0316. The van der Waals surface area contributed by atoms with Crippen molar-refractivity contribution in [3.05, 3.63) is 99.1 Å². The number of hydrogen-bond donors (Lipinski definition) is 1. The van der Waals surface area contributed by atoms with Gasteiger partial charge >= 0.3 is 0 Å². The Balaban J connectivity index is 1.53. The van der Waals surface area contributed by atoms with Crippen LogP contribution in [0.1, 0.15) is 11.4 Å². The number of benzene rings is 3. The third kappa shape index (κ3) is 3.40. The number of hydrogen-bond acceptors (Lipinski definition) is 5. The van der Waals surface area contributed by atoms with Crippen LogP contribution in [0.2, 0.25) is 0 Å². The molecule has 0 spiro atoms. The second-order valence-electron chi connectivity index (χ2n) is 6.97. The molecule has 2 heterocycles. The van der Waals surface area contributed by atoms with Gasteiger partial charge in [0.05, 0.1) is 17.7 Å². The first-order valence-corrected chi connectivity index (χ1v) is 9.94. The maximum Gasteiger partial charge on any atom is 0.269 e. The Hall–Kier alpha value is -4.11. The number of nitrogens with zero attached hydrogens (tertiary/aromatic N) is 5. The quantitative estimate of drug-likeness (QED) is 0.187. The van der Waals surface area contributed by atoms with E-state index in [1.807, 2.05) is 24.3 Å². The number of rotatable bonds is 5. The average Bonchev–Trinajstić information content (AvgIpc) is 3.31. The molecule has 152 valence electrons.